The first-order valence-corrected chi connectivity index (χ1v) is 9.63. The molecule has 2 amide bonds. The number of carbonyl (C=O) groups is 2. The minimum Gasteiger partial charge on any atom is -0.354 e. The summed E-state index contributed by atoms with van der Waals surface area (Å²) in [7, 11) is -3.55. The number of nitrogens with one attached hydrogen (secondary N) is 2. The summed E-state index contributed by atoms with van der Waals surface area (Å²) in [5, 5.41) is 5.42. The first-order chi connectivity index (χ1) is 11.1. The number of hydrogen-bond acceptors (Lipinski definition) is 4. The van der Waals surface area contributed by atoms with Crippen LogP contribution in [0.5, 0.6) is 0 Å². The van der Waals surface area contributed by atoms with E-state index in [4.69, 9.17) is 0 Å². The normalized spacial score (nSPS) is 12.3. The lowest BCUT2D eigenvalue weighted by molar-refractivity contribution is -0.121. The van der Waals surface area contributed by atoms with E-state index in [-0.39, 0.29) is 30.8 Å². The van der Waals surface area contributed by atoms with Crippen LogP contribution in [-0.4, -0.2) is 39.1 Å². The molecule has 0 aromatic heterocycles. The number of benzene rings is 1. The number of amides is 2. The van der Waals surface area contributed by atoms with Gasteiger partial charge in [-0.05, 0) is 31.5 Å². The van der Waals surface area contributed by atoms with Crippen LogP contribution in [0.25, 0.3) is 0 Å². The topological polar surface area (TPSA) is 95.6 Å². The van der Waals surface area contributed by atoms with Crippen LogP contribution in [0.4, 0.5) is 11.4 Å². The minimum absolute atomic E-state index is 0.0324. The average Bonchev–Trinajstić information content (AvgIpc) is 2.45. The number of anilines is 2. The van der Waals surface area contributed by atoms with Gasteiger partial charge in [-0.2, -0.15) is 0 Å². The maximum absolute atomic E-state index is 12.1. The molecule has 1 aromatic rings. The van der Waals surface area contributed by atoms with E-state index >= 15 is 0 Å². The van der Waals surface area contributed by atoms with Crippen LogP contribution in [0.2, 0.25) is 0 Å². The van der Waals surface area contributed by atoms with Gasteiger partial charge in [-0.25, -0.2) is 8.42 Å². The Kier molecular flexibility index (Phi) is 7.21. The molecular formula is C16H25N3O4S. The molecule has 24 heavy (non-hydrogen) atoms. The molecule has 0 fully saturated rings. The van der Waals surface area contributed by atoms with E-state index in [0.29, 0.717) is 11.4 Å². The largest absolute Gasteiger partial charge is 0.354 e. The van der Waals surface area contributed by atoms with Crippen molar-refractivity contribution in [2.45, 2.75) is 39.7 Å². The van der Waals surface area contributed by atoms with Crippen LogP contribution in [-0.2, 0) is 19.6 Å². The van der Waals surface area contributed by atoms with Crippen LogP contribution >= 0.6 is 0 Å². The zero-order valence-electron chi connectivity index (χ0n) is 14.5. The summed E-state index contributed by atoms with van der Waals surface area (Å²) in [6, 6.07) is 6.56. The molecule has 1 aromatic carbocycles. The van der Waals surface area contributed by atoms with E-state index in [2.05, 4.69) is 10.6 Å². The fraction of sp³-hybridized carbons (Fsp3) is 0.500. The zero-order chi connectivity index (χ0) is 18.3. The van der Waals surface area contributed by atoms with Crippen molar-refractivity contribution < 1.29 is 18.0 Å². The Bertz CT molecular complexity index is 688. The van der Waals surface area contributed by atoms with Crippen molar-refractivity contribution in [1.29, 1.82) is 0 Å². The summed E-state index contributed by atoms with van der Waals surface area (Å²) in [5.74, 6) is -0.443. The van der Waals surface area contributed by atoms with Gasteiger partial charge in [-0.1, -0.05) is 13.0 Å². The Morgan fingerprint density at radius 1 is 1.29 bits per heavy atom. The van der Waals surface area contributed by atoms with Gasteiger partial charge in [0.25, 0.3) is 0 Å². The Hall–Kier alpha value is -2.09. The predicted molar refractivity (Wildman–Crippen MR) is 95.4 cm³/mol. The van der Waals surface area contributed by atoms with Gasteiger partial charge >= 0.3 is 0 Å². The summed E-state index contributed by atoms with van der Waals surface area (Å²) in [6.45, 7) is 5.26. The van der Waals surface area contributed by atoms with Gasteiger partial charge in [0, 0.05) is 31.6 Å². The minimum atomic E-state index is -3.55. The average molecular weight is 355 g/mol. The summed E-state index contributed by atoms with van der Waals surface area (Å²) in [5.41, 5.74) is 0.901. The van der Waals surface area contributed by atoms with E-state index in [1.807, 2.05) is 13.8 Å². The molecule has 1 rings (SSSR count). The van der Waals surface area contributed by atoms with Crippen molar-refractivity contribution >= 4 is 33.2 Å². The first-order valence-electron chi connectivity index (χ1n) is 7.78. The first kappa shape index (κ1) is 20.0. The summed E-state index contributed by atoms with van der Waals surface area (Å²) >= 11 is 0. The molecule has 1 atom stereocenters. The second-order valence-corrected chi connectivity index (χ2v) is 7.60. The molecule has 134 valence electrons. The van der Waals surface area contributed by atoms with E-state index in [1.54, 1.807) is 24.3 Å². The number of hydrogen-bond donors (Lipinski definition) is 2. The molecule has 0 heterocycles. The van der Waals surface area contributed by atoms with Crippen molar-refractivity contribution in [1.82, 2.24) is 5.32 Å². The summed E-state index contributed by atoms with van der Waals surface area (Å²) < 4.78 is 25.3. The second kappa shape index (κ2) is 8.68. The van der Waals surface area contributed by atoms with Gasteiger partial charge in [0.05, 0.1) is 11.9 Å². The Morgan fingerprint density at radius 2 is 1.96 bits per heavy atom. The van der Waals surface area contributed by atoms with Crippen molar-refractivity contribution in [3.63, 3.8) is 0 Å². The van der Waals surface area contributed by atoms with Crippen molar-refractivity contribution in [2.24, 2.45) is 0 Å². The van der Waals surface area contributed by atoms with Crippen molar-refractivity contribution in [3.8, 4) is 0 Å². The third-order valence-corrected chi connectivity index (χ3v) is 4.61. The van der Waals surface area contributed by atoms with Crippen LogP contribution in [0.1, 0.15) is 33.6 Å². The Labute approximate surface area is 143 Å². The quantitative estimate of drug-likeness (QED) is 0.742. The third kappa shape index (κ3) is 6.57. The lowest BCUT2D eigenvalue weighted by atomic mass is 10.2. The van der Waals surface area contributed by atoms with Gasteiger partial charge in [0.15, 0.2) is 0 Å². The number of sulfonamides is 1. The molecule has 0 aliphatic carbocycles. The van der Waals surface area contributed by atoms with Gasteiger partial charge in [-0.15, -0.1) is 0 Å². The van der Waals surface area contributed by atoms with E-state index in [1.165, 1.54) is 6.92 Å². The van der Waals surface area contributed by atoms with E-state index in [0.717, 1.165) is 17.0 Å². The highest BCUT2D eigenvalue weighted by Gasteiger charge is 2.19. The van der Waals surface area contributed by atoms with Crippen LogP contribution in [0.15, 0.2) is 24.3 Å². The lowest BCUT2D eigenvalue weighted by Gasteiger charge is -2.23. The molecule has 2 N–H and O–H groups in total. The fourth-order valence-corrected chi connectivity index (χ4v) is 3.00. The summed E-state index contributed by atoms with van der Waals surface area (Å²) in [6.07, 6.45) is 1.95. The van der Waals surface area contributed by atoms with Crippen molar-refractivity contribution in [2.75, 3.05) is 22.4 Å². The predicted octanol–water partition coefficient (Wildman–Crippen LogP) is 1.72. The highest BCUT2D eigenvalue weighted by atomic mass is 32.2. The van der Waals surface area contributed by atoms with E-state index in [9.17, 15) is 18.0 Å². The van der Waals surface area contributed by atoms with Crippen LogP contribution in [0, 0.1) is 0 Å². The molecule has 0 aliphatic heterocycles. The van der Waals surface area contributed by atoms with Gasteiger partial charge in [0.2, 0.25) is 21.8 Å². The highest BCUT2D eigenvalue weighted by Crippen LogP contribution is 2.22. The third-order valence-electron chi connectivity index (χ3n) is 3.42. The molecule has 0 aliphatic rings. The molecule has 0 bridgehead atoms. The number of nitrogens with zero attached hydrogens (tertiary/aromatic N) is 1. The maximum Gasteiger partial charge on any atom is 0.232 e. The zero-order valence-corrected chi connectivity index (χ0v) is 15.3. The molecule has 8 heteroatoms. The Balaban J connectivity index is 2.91. The standard InChI is InChI=1S/C16H25N3O4S/c1-5-12(2)17-16(21)9-10-19(24(4,22)23)15-8-6-7-14(11-15)18-13(3)20/h6-8,11-12H,5,9-10H2,1-4H3,(H,17,21)(H,18,20). The Morgan fingerprint density at radius 3 is 2.50 bits per heavy atom. The SMILES string of the molecule is CCC(C)NC(=O)CCN(c1cccc(NC(C)=O)c1)S(C)(=O)=O. The molecule has 0 radical (unpaired) electrons. The molecule has 7 nitrogen and oxygen atoms in total. The molecule has 0 saturated carbocycles. The summed E-state index contributed by atoms with van der Waals surface area (Å²) in [4.78, 5) is 23.0. The van der Waals surface area contributed by atoms with Crippen LogP contribution in [0.3, 0.4) is 0 Å². The van der Waals surface area contributed by atoms with E-state index < -0.39 is 10.0 Å². The smallest absolute Gasteiger partial charge is 0.232 e. The molecule has 0 spiro atoms. The molecule has 0 saturated heterocycles. The van der Waals surface area contributed by atoms with Crippen molar-refractivity contribution in [3.05, 3.63) is 24.3 Å². The van der Waals surface area contributed by atoms with Crippen LogP contribution < -0.4 is 14.9 Å². The number of carbonyl (C=O) groups excluding carboxylic acids is 2. The second-order valence-electron chi connectivity index (χ2n) is 5.69. The van der Waals surface area contributed by atoms with Gasteiger partial charge in [0.1, 0.15) is 0 Å². The maximum atomic E-state index is 12.1. The highest BCUT2D eigenvalue weighted by molar-refractivity contribution is 7.92. The lowest BCUT2D eigenvalue weighted by Crippen LogP contribution is -2.37. The monoisotopic (exact) mass is 355 g/mol. The number of rotatable bonds is 8. The van der Waals surface area contributed by atoms with Gasteiger partial charge in [-0.3, -0.25) is 13.9 Å². The molecular weight excluding hydrogens is 330 g/mol. The fourth-order valence-electron chi connectivity index (χ4n) is 2.08. The molecule has 1 unspecified atom stereocenters. The van der Waals surface area contributed by atoms with Gasteiger partial charge < -0.3 is 10.6 Å².